The lowest BCUT2D eigenvalue weighted by Gasteiger charge is -2.13. The second-order valence-corrected chi connectivity index (χ2v) is 11.3. The van der Waals surface area contributed by atoms with Gasteiger partial charge in [-0.15, -0.1) is 0 Å². The fourth-order valence-corrected chi connectivity index (χ4v) is 5.96. The molecule has 0 saturated carbocycles. The first kappa shape index (κ1) is 27.1. The molecule has 0 atom stereocenters. The summed E-state index contributed by atoms with van der Waals surface area (Å²) in [5.41, 5.74) is 7.02. The van der Waals surface area contributed by atoms with Crippen LogP contribution in [-0.2, 0) is 20.0 Å². The Hall–Kier alpha value is -3.53. The Balaban J connectivity index is 1.95. The van der Waals surface area contributed by atoms with Crippen LogP contribution in [0.5, 0.6) is 0 Å². The third-order valence-corrected chi connectivity index (χ3v) is 7.81. The minimum Gasteiger partial charge on any atom is -0.351 e. The zero-order valence-corrected chi connectivity index (χ0v) is 21.4. The Morgan fingerprint density at radius 1 is 0.972 bits per heavy atom. The molecule has 0 fully saturated rings. The topological polar surface area (TPSA) is 206 Å². The van der Waals surface area contributed by atoms with Gasteiger partial charge in [0.05, 0.1) is 10.6 Å². The van der Waals surface area contributed by atoms with E-state index in [-0.39, 0.29) is 35.0 Å². The number of hydrogen-bond acceptors (Lipinski definition) is 10. The van der Waals surface area contributed by atoms with Gasteiger partial charge in [0, 0.05) is 17.1 Å². The molecule has 0 aliphatic carbocycles. The monoisotopic (exact) mass is 555 g/mol. The fourth-order valence-electron chi connectivity index (χ4n) is 3.11. The van der Waals surface area contributed by atoms with Crippen molar-refractivity contribution in [3.05, 3.63) is 47.2 Å². The molecule has 0 radical (unpaired) electrons. The number of carbonyl (C=O) groups excluding carboxylic acids is 1. The Labute approximate surface area is 212 Å². The molecule has 1 aromatic heterocycles. The van der Waals surface area contributed by atoms with Gasteiger partial charge in [0.1, 0.15) is 4.90 Å². The van der Waals surface area contributed by atoms with Crippen molar-refractivity contribution >= 4 is 66.5 Å². The summed E-state index contributed by atoms with van der Waals surface area (Å²) >= 11 is 6.01. The van der Waals surface area contributed by atoms with E-state index in [1.165, 1.54) is 6.07 Å². The van der Waals surface area contributed by atoms with Crippen molar-refractivity contribution in [1.82, 2.24) is 15.0 Å². The van der Waals surface area contributed by atoms with Crippen LogP contribution >= 0.6 is 11.6 Å². The number of primary amides is 1. The van der Waals surface area contributed by atoms with Gasteiger partial charge in [-0.2, -0.15) is 23.4 Å². The molecular weight excluding hydrogens is 534 g/mol. The van der Waals surface area contributed by atoms with Gasteiger partial charge in [0.25, 0.3) is 10.1 Å². The molecule has 0 saturated heterocycles. The number of aryl methyl sites for hydroxylation is 1. The number of amides is 2. The Bertz CT molecular complexity index is 1530. The molecule has 0 bridgehead atoms. The Morgan fingerprint density at radius 2 is 1.56 bits per heavy atom. The molecule has 0 spiro atoms. The molecule has 3 rings (SSSR count). The predicted octanol–water partition coefficient (Wildman–Crippen LogP) is 3.24. The van der Waals surface area contributed by atoms with Gasteiger partial charge >= 0.3 is 6.03 Å². The molecule has 0 aliphatic rings. The van der Waals surface area contributed by atoms with Crippen LogP contribution in [0.25, 0.3) is 0 Å². The summed E-state index contributed by atoms with van der Waals surface area (Å²) in [5.74, 6) is -0.397. The molecule has 0 aliphatic heterocycles. The van der Waals surface area contributed by atoms with Crippen LogP contribution < -0.4 is 21.7 Å². The van der Waals surface area contributed by atoms with Crippen LogP contribution in [-0.4, -0.2) is 48.1 Å². The normalized spacial score (nSPS) is 11.7. The summed E-state index contributed by atoms with van der Waals surface area (Å²) in [5, 5.41) is 7.95. The maximum Gasteiger partial charge on any atom is 0.316 e. The van der Waals surface area contributed by atoms with Crippen LogP contribution in [0.1, 0.15) is 18.9 Å². The Kier molecular flexibility index (Phi) is 7.98. The minimum absolute atomic E-state index is 0.0137. The van der Waals surface area contributed by atoms with E-state index in [1.54, 1.807) is 32.0 Å². The molecule has 13 nitrogen and oxygen atoms in total. The second kappa shape index (κ2) is 10.6. The summed E-state index contributed by atoms with van der Waals surface area (Å²) in [4.78, 5) is 22.0. The summed E-state index contributed by atoms with van der Waals surface area (Å²) in [6.45, 7) is 3.40. The molecule has 3 aromatic rings. The molecule has 2 amide bonds. The van der Waals surface area contributed by atoms with E-state index in [0.29, 0.717) is 11.4 Å². The first-order chi connectivity index (χ1) is 16.8. The molecule has 1 heterocycles. The highest BCUT2D eigenvalue weighted by atomic mass is 35.5. The smallest absolute Gasteiger partial charge is 0.316 e. The van der Waals surface area contributed by atoms with Crippen molar-refractivity contribution in [3.8, 4) is 0 Å². The summed E-state index contributed by atoms with van der Waals surface area (Å²) in [7, 11) is -8.82. The molecule has 6 N–H and O–H groups in total. The van der Waals surface area contributed by atoms with Gasteiger partial charge in [-0.1, -0.05) is 13.0 Å². The zero-order valence-electron chi connectivity index (χ0n) is 19.0. The Morgan fingerprint density at radius 3 is 2.11 bits per heavy atom. The van der Waals surface area contributed by atoms with Gasteiger partial charge in [-0.3, -0.25) is 4.55 Å². The second-order valence-electron chi connectivity index (χ2n) is 7.48. The van der Waals surface area contributed by atoms with Gasteiger partial charge in [-0.05, 0) is 60.8 Å². The van der Waals surface area contributed by atoms with E-state index >= 15 is 0 Å². The highest BCUT2D eigenvalue weighted by Gasteiger charge is 2.25. The number of aromatic nitrogens is 3. The van der Waals surface area contributed by atoms with Crippen LogP contribution in [0.3, 0.4) is 0 Å². The molecule has 192 valence electrons. The number of rotatable bonds is 9. The lowest BCUT2D eigenvalue weighted by molar-refractivity contribution is 0.259. The average Bonchev–Trinajstić information content (AvgIpc) is 2.74. The summed E-state index contributed by atoms with van der Waals surface area (Å²) < 4.78 is 58.2. The average molecular weight is 556 g/mol. The third-order valence-electron chi connectivity index (χ3n) is 4.65. The van der Waals surface area contributed by atoms with E-state index in [1.807, 2.05) is 0 Å². The van der Waals surface area contributed by atoms with Crippen LogP contribution in [0.4, 0.5) is 33.8 Å². The van der Waals surface area contributed by atoms with Gasteiger partial charge in [-0.25, -0.2) is 13.2 Å². The number of urea groups is 1. The van der Waals surface area contributed by atoms with E-state index in [2.05, 4.69) is 30.9 Å². The predicted molar refractivity (Wildman–Crippen MR) is 134 cm³/mol. The number of benzene rings is 2. The van der Waals surface area contributed by atoms with Gasteiger partial charge in [0.15, 0.2) is 9.84 Å². The molecule has 16 heteroatoms. The largest absolute Gasteiger partial charge is 0.351 e. The molecule has 36 heavy (non-hydrogen) atoms. The first-order valence-electron chi connectivity index (χ1n) is 10.3. The van der Waals surface area contributed by atoms with Crippen molar-refractivity contribution in [2.75, 3.05) is 21.7 Å². The zero-order chi connectivity index (χ0) is 26.7. The van der Waals surface area contributed by atoms with Crippen molar-refractivity contribution < 1.29 is 26.2 Å². The number of nitrogens with zero attached hydrogens (tertiary/aromatic N) is 3. The summed E-state index contributed by atoms with van der Waals surface area (Å²) in [6.07, 6.45) is 0.235. The lowest BCUT2D eigenvalue weighted by Crippen LogP contribution is -2.19. The number of carbonyl (C=O) groups is 1. The minimum atomic E-state index is -4.80. The van der Waals surface area contributed by atoms with E-state index in [0.717, 1.165) is 17.7 Å². The van der Waals surface area contributed by atoms with Gasteiger partial charge in [0.2, 0.25) is 17.2 Å². The number of sulfone groups is 1. The summed E-state index contributed by atoms with van der Waals surface area (Å²) in [6, 6.07) is 7.55. The SMILES string of the molecule is CCCS(=O)(=O)c1cc(Nc2nc(Cl)nc(Nc3ccc(C)c(NC(N)=O)c3)n2)ccc1S(=O)(=O)O. The van der Waals surface area contributed by atoms with Crippen molar-refractivity contribution in [3.63, 3.8) is 0 Å². The number of nitrogens with one attached hydrogen (secondary N) is 3. The lowest BCUT2D eigenvalue weighted by atomic mass is 10.2. The van der Waals surface area contributed by atoms with Gasteiger partial charge < -0.3 is 21.7 Å². The van der Waals surface area contributed by atoms with Crippen molar-refractivity contribution in [2.45, 2.75) is 30.1 Å². The molecule has 0 unspecified atom stereocenters. The maximum atomic E-state index is 12.6. The molecular formula is C20H22ClN7O6S2. The van der Waals surface area contributed by atoms with E-state index in [9.17, 15) is 26.2 Å². The fraction of sp³-hybridized carbons (Fsp3) is 0.200. The number of halogens is 1. The number of hydrogen-bond donors (Lipinski definition) is 5. The standard InChI is InChI=1S/C20H22ClN7O6S2/c1-3-8-35(30,31)16-10-13(6-7-15(16)36(32,33)34)24-20-27-17(21)26-19(28-20)23-12-5-4-11(2)14(9-12)25-18(22)29/h4-7,9-10H,3,8H2,1-2H3,(H3,22,25,29)(H,32,33,34)(H2,23,24,26,27,28). The maximum absolute atomic E-state index is 12.6. The van der Waals surface area contributed by atoms with Crippen molar-refractivity contribution in [2.24, 2.45) is 5.73 Å². The van der Waals surface area contributed by atoms with Crippen LogP contribution in [0, 0.1) is 6.92 Å². The molecule has 2 aromatic carbocycles. The highest BCUT2D eigenvalue weighted by Crippen LogP contribution is 2.28. The van der Waals surface area contributed by atoms with Crippen molar-refractivity contribution in [1.29, 1.82) is 0 Å². The number of anilines is 5. The highest BCUT2D eigenvalue weighted by molar-refractivity contribution is 7.92. The third kappa shape index (κ3) is 6.78. The quantitative estimate of drug-likeness (QED) is 0.242. The van der Waals surface area contributed by atoms with Crippen LogP contribution in [0.15, 0.2) is 46.2 Å². The van der Waals surface area contributed by atoms with Crippen LogP contribution in [0.2, 0.25) is 5.28 Å². The van der Waals surface area contributed by atoms with E-state index in [4.69, 9.17) is 17.3 Å². The number of nitrogens with two attached hydrogens (primary N) is 1. The first-order valence-corrected chi connectivity index (χ1v) is 13.7. The van der Waals surface area contributed by atoms with E-state index < -0.39 is 35.8 Å².